The van der Waals surface area contributed by atoms with Crippen molar-refractivity contribution in [3.05, 3.63) is 11.6 Å². The van der Waals surface area contributed by atoms with Crippen LogP contribution in [-0.2, 0) is 4.79 Å². The molecule has 0 radical (unpaired) electrons. The number of rotatable bonds is 0. The van der Waals surface area contributed by atoms with Crippen LogP contribution >= 0.6 is 0 Å². The molecule has 0 saturated heterocycles. The molecule has 0 aliphatic heterocycles. The molecule has 3 fully saturated rings. The van der Waals surface area contributed by atoms with Gasteiger partial charge in [-0.25, -0.2) is 0 Å². The fraction of sp³-hybridized carbons (Fsp3) is 0.727. The summed E-state index contributed by atoms with van der Waals surface area (Å²) in [5.74, 6) is 1.53. The maximum absolute atomic E-state index is 11.7. The molecule has 1 nitrogen and oxygen atoms in total. The van der Waals surface area contributed by atoms with Crippen molar-refractivity contribution in [1.82, 2.24) is 0 Å². The van der Waals surface area contributed by atoms with Gasteiger partial charge in [0, 0.05) is 5.92 Å². The zero-order chi connectivity index (χ0) is 8.93. The maximum Gasteiger partial charge on any atom is 0.162 e. The normalized spacial score (nSPS) is 41.2. The van der Waals surface area contributed by atoms with E-state index in [1.807, 2.05) is 13.0 Å². The lowest BCUT2D eigenvalue weighted by molar-refractivity contribution is -0.140. The molecular formula is C11H16O. The molecule has 0 N–H and O–H groups in total. The Morgan fingerprint density at radius 2 is 2.17 bits per heavy atom. The molecule has 66 valence electrons. The van der Waals surface area contributed by atoms with Crippen molar-refractivity contribution in [2.24, 2.45) is 17.3 Å². The fourth-order valence-electron chi connectivity index (χ4n) is 2.66. The molecule has 3 aliphatic rings. The lowest BCUT2D eigenvalue weighted by Gasteiger charge is -2.55. The highest BCUT2D eigenvalue weighted by atomic mass is 16.1. The first-order valence-electron chi connectivity index (χ1n) is 4.76. The summed E-state index contributed by atoms with van der Waals surface area (Å²) in [6.07, 6.45) is 4.17. The summed E-state index contributed by atoms with van der Waals surface area (Å²) >= 11 is 0. The molecule has 0 aromatic rings. The Morgan fingerprint density at radius 3 is 2.58 bits per heavy atom. The van der Waals surface area contributed by atoms with Crippen LogP contribution < -0.4 is 0 Å². The molecule has 0 aromatic heterocycles. The van der Waals surface area contributed by atoms with Crippen LogP contribution in [0.5, 0.6) is 0 Å². The van der Waals surface area contributed by atoms with E-state index in [9.17, 15) is 4.79 Å². The van der Waals surface area contributed by atoms with Crippen molar-refractivity contribution in [3.8, 4) is 0 Å². The maximum atomic E-state index is 11.7. The van der Waals surface area contributed by atoms with Crippen LogP contribution in [0.3, 0.4) is 0 Å². The van der Waals surface area contributed by atoms with Gasteiger partial charge in [0.2, 0.25) is 0 Å². The number of hydrogen-bond donors (Lipinski definition) is 0. The monoisotopic (exact) mass is 164 g/mol. The van der Waals surface area contributed by atoms with Gasteiger partial charge in [0.25, 0.3) is 0 Å². The van der Waals surface area contributed by atoms with Gasteiger partial charge in [-0.15, -0.1) is 0 Å². The van der Waals surface area contributed by atoms with Crippen molar-refractivity contribution < 1.29 is 4.79 Å². The van der Waals surface area contributed by atoms with Gasteiger partial charge in [0.05, 0.1) is 0 Å². The van der Waals surface area contributed by atoms with Crippen molar-refractivity contribution in [2.45, 2.75) is 33.6 Å². The third kappa shape index (κ3) is 0.769. The average Bonchev–Trinajstić information content (AvgIpc) is 2.03. The van der Waals surface area contributed by atoms with E-state index in [4.69, 9.17) is 0 Å². The largest absolute Gasteiger partial charge is 0.294 e. The first kappa shape index (κ1) is 8.03. The number of allylic oxidation sites excluding steroid dienone is 2. The molecule has 0 amide bonds. The van der Waals surface area contributed by atoms with E-state index in [1.165, 1.54) is 0 Å². The molecule has 0 heterocycles. The van der Waals surface area contributed by atoms with Crippen LogP contribution in [-0.4, -0.2) is 5.78 Å². The summed E-state index contributed by atoms with van der Waals surface area (Å²) < 4.78 is 0. The smallest absolute Gasteiger partial charge is 0.162 e. The zero-order valence-electron chi connectivity index (χ0n) is 8.05. The Morgan fingerprint density at radius 1 is 1.50 bits per heavy atom. The summed E-state index contributed by atoms with van der Waals surface area (Å²) in [5.41, 5.74) is 1.37. The molecule has 12 heavy (non-hydrogen) atoms. The Labute approximate surface area is 73.8 Å². The van der Waals surface area contributed by atoms with Crippen LogP contribution in [0.4, 0.5) is 0 Å². The molecule has 2 atom stereocenters. The molecule has 0 aromatic carbocycles. The number of carbonyl (C=O) groups is 1. The minimum Gasteiger partial charge on any atom is -0.294 e. The predicted molar refractivity (Wildman–Crippen MR) is 48.8 cm³/mol. The molecule has 3 saturated carbocycles. The molecular weight excluding hydrogens is 148 g/mol. The number of ketones is 1. The lowest BCUT2D eigenvalue weighted by atomic mass is 9.47. The van der Waals surface area contributed by atoms with Gasteiger partial charge >= 0.3 is 0 Å². The molecule has 0 spiro atoms. The van der Waals surface area contributed by atoms with E-state index in [0.29, 0.717) is 17.1 Å². The van der Waals surface area contributed by atoms with Crippen LogP contribution in [0, 0.1) is 17.3 Å². The second-order valence-corrected chi connectivity index (χ2v) is 4.69. The van der Waals surface area contributed by atoms with Gasteiger partial charge in [-0.05, 0) is 36.7 Å². The summed E-state index contributed by atoms with van der Waals surface area (Å²) in [6, 6.07) is 0. The van der Waals surface area contributed by atoms with Crippen LogP contribution in [0.15, 0.2) is 11.6 Å². The topological polar surface area (TPSA) is 17.1 Å². The number of hydrogen-bond acceptors (Lipinski definition) is 1. The highest BCUT2D eigenvalue weighted by molar-refractivity contribution is 5.99. The van der Waals surface area contributed by atoms with Crippen molar-refractivity contribution in [2.75, 3.05) is 0 Å². The molecule has 0 unspecified atom stereocenters. The minimum absolute atomic E-state index is 0.295. The Kier molecular flexibility index (Phi) is 1.48. The van der Waals surface area contributed by atoms with Crippen LogP contribution in [0.1, 0.15) is 33.6 Å². The third-order valence-electron chi connectivity index (χ3n) is 3.92. The summed E-state index contributed by atoms with van der Waals surface area (Å²) in [7, 11) is 0. The van der Waals surface area contributed by atoms with Gasteiger partial charge in [0.1, 0.15) is 0 Å². The van der Waals surface area contributed by atoms with Crippen molar-refractivity contribution in [3.63, 3.8) is 0 Å². The highest BCUT2D eigenvalue weighted by Crippen LogP contribution is 2.58. The van der Waals surface area contributed by atoms with Gasteiger partial charge < -0.3 is 0 Å². The second-order valence-electron chi connectivity index (χ2n) is 4.69. The van der Waals surface area contributed by atoms with Crippen molar-refractivity contribution >= 4 is 5.78 Å². The van der Waals surface area contributed by atoms with E-state index in [1.54, 1.807) is 0 Å². The molecule has 1 heteroatoms. The quantitative estimate of drug-likeness (QED) is 0.503. The van der Waals surface area contributed by atoms with E-state index in [-0.39, 0.29) is 0 Å². The predicted octanol–water partition coefficient (Wildman–Crippen LogP) is 2.57. The van der Waals surface area contributed by atoms with Crippen molar-refractivity contribution in [1.29, 1.82) is 0 Å². The lowest BCUT2D eigenvalue weighted by Crippen LogP contribution is -2.53. The van der Waals surface area contributed by atoms with E-state index < -0.39 is 0 Å². The summed E-state index contributed by atoms with van der Waals surface area (Å²) in [4.78, 5) is 11.7. The molecule has 2 bridgehead atoms. The average molecular weight is 164 g/mol. The Bertz CT molecular complexity index is 260. The molecule has 3 aliphatic carbocycles. The van der Waals surface area contributed by atoms with Crippen LogP contribution in [0.2, 0.25) is 0 Å². The van der Waals surface area contributed by atoms with Crippen LogP contribution in [0.25, 0.3) is 0 Å². The zero-order valence-corrected chi connectivity index (χ0v) is 8.05. The standard InChI is InChI=1S/C11H16O/c1-4-7-5-8-6-9(10(7)12)11(8,2)3/h4,8-9H,5-6H2,1-3H3/b7-4+/t8-,9-/m1/s1. The second kappa shape index (κ2) is 2.21. The van der Waals surface area contributed by atoms with Gasteiger partial charge in [-0.1, -0.05) is 19.9 Å². The highest BCUT2D eigenvalue weighted by Gasteiger charge is 2.55. The van der Waals surface area contributed by atoms with E-state index >= 15 is 0 Å². The van der Waals surface area contributed by atoms with Gasteiger partial charge in [0.15, 0.2) is 5.78 Å². The first-order valence-corrected chi connectivity index (χ1v) is 4.76. The molecule has 3 rings (SSSR count). The van der Waals surface area contributed by atoms with Gasteiger partial charge in [-0.2, -0.15) is 0 Å². The summed E-state index contributed by atoms with van der Waals surface area (Å²) in [5, 5.41) is 0. The van der Waals surface area contributed by atoms with Gasteiger partial charge in [-0.3, -0.25) is 4.79 Å². The fourth-order valence-corrected chi connectivity index (χ4v) is 2.66. The minimum atomic E-state index is 0.295. The third-order valence-corrected chi connectivity index (χ3v) is 3.92. The summed E-state index contributed by atoms with van der Waals surface area (Å²) in [6.45, 7) is 6.44. The number of carbonyl (C=O) groups excluding carboxylic acids is 1. The Balaban J connectivity index is 2.28. The number of fused-ring (bicyclic) bond motifs is 2. The van der Waals surface area contributed by atoms with E-state index in [2.05, 4.69) is 13.8 Å². The van der Waals surface area contributed by atoms with E-state index in [0.717, 1.165) is 24.3 Å². The first-order chi connectivity index (χ1) is 5.57. The Hall–Kier alpha value is -0.590. The SMILES string of the molecule is C/C=C1\C[C@@H]2C[C@H](C1=O)C2(C)C. The number of Topliss-reactive ketones (excluding diaryl/α,β-unsaturated/α-hetero) is 1.